The Morgan fingerprint density at radius 2 is 1.95 bits per heavy atom. The Bertz CT molecular complexity index is 575. The van der Waals surface area contributed by atoms with Gasteiger partial charge in [0.15, 0.2) is 5.11 Å². The maximum absolute atomic E-state index is 5.34. The average molecular weight is 301 g/mol. The van der Waals surface area contributed by atoms with Crippen LogP contribution in [-0.4, -0.2) is 23.8 Å². The topological polar surface area (TPSA) is 46.2 Å². The van der Waals surface area contributed by atoms with Gasteiger partial charge in [-0.2, -0.15) is 0 Å². The van der Waals surface area contributed by atoms with Gasteiger partial charge in [0.1, 0.15) is 5.75 Å². The largest absolute Gasteiger partial charge is 0.496 e. The second-order valence-electron chi connectivity index (χ2n) is 4.53. The van der Waals surface area contributed by atoms with Crippen LogP contribution in [-0.2, 0) is 6.42 Å². The van der Waals surface area contributed by atoms with Crippen LogP contribution >= 0.6 is 12.2 Å². The molecule has 0 aliphatic heterocycles. The molecule has 0 saturated heterocycles. The highest BCUT2D eigenvalue weighted by atomic mass is 32.1. The van der Waals surface area contributed by atoms with Crippen molar-refractivity contribution in [2.45, 2.75) is 12.8 Å². The van der Waals surface area contributed by atoms with Crippen LogP contribution in [0.5, 0.6) is 5.75 Å². The van der Waals surface area contributed by atoms with Crippen LogP contribution < -0.4 is 15.4 Å². The number of aryl methyl sites for hydroxylation is 1. The van der Waals surface area contributed by atoms with Crippen LogP contribution in [0.2, 0.25) is 0 Å². The van der Waals surface area contributed by atoms with Gasteiger partial charge < -0.3 is 15.4 Å². The van der Waals surface area contributed by atoms with Crippen molar-refractivity contribution in [1.29, 1.82) is 0 Å². The zero-order valence-corrected chi connectivity index (χ0v) is 12.8. The van der Waals surface area contributed by atoms with Crippen LogP contribution in [0.15, 0.2) is 48.8 Å². The SMILES string of the molecule is COc1ccccc1CCCNC(=S)Nc1ccncc1. The van der Waals surface area contributed by atoms with E-state index in [4.69, 9.17) is 17.0 Å². The Morgan fingerprint density at radius 1 is 1.19 bits per heavy atom. The first-order valence-electron chi connectivity index (χ1n) is 6.86. The maximum Gasteiger partial charge on any atom is 0.170 e. The minimum Gasteiger partial charge on any atom is -0.496 e. The molecule has 0 bridgehead atoms. The Labute approximate surface area is 130 Å². The van der Waals surface area contributed by atoms with Gasteiger partial charge in [0.2, 0.25) is 0 Å². The number of aromatic nitrogens is 1. The van der Waals surface area contributed by atoms with Crippen molar-refractivity contribution in [3.63, 3.8) is 0 Å². The molecule has 4 nitrogen and oxygen atoms in total. The van der Waals surface area contributed by atoms with Crippen LogP contribution in [0.25, 0.3) is 0 Å². The molecule has 0 aliphatic rings. The fourth-order valence-electron chi connectivity index (χ4n) is 2.00. The lowest BCUT2D eigenvalue weighted by molar-refractivity contribution is 0.409. The quantitative estimate of drug-likeness (QED) is 0.634. The predicted molar refractivity (Wildman–Crippen MR) is 89.8 cm³/mol. The summed E-state index contributed by atoms with van der Waals surface area (Å²) in [7, 11) is 1.70. The van der Waals surface area contributed by atoms with E-state index in [-0.39, 0.29) is 0 Å². The molecule has 1 heterocycles. The van der Waals surface area contributed by atoms with Gasteiger partial charge in [0.25, 0.3) is 0 Å². The number of anilines is 1. The summed E-state index contributed by atoms with van der Waals surface area (Å²) in [4.78, 5) is 3.96. The van der Waals surface area contributed by atoms with E-state index in [0.29, 0.717) is 5.11 Å². The first-order valence-corrected chi connectivity index (χ1v) is 7.27. The highest BCUT2D eigenvalue weighted by molar-refractivity contribution is 7.80. The molecule has 21 heavy (non-hydrogen) atoms. The number of pyridine rings is 1. The predicted octanol–water partition coefficient (Wildman–Crippen LogP) is 3.01. The van der Waals surface area contributed by atoms with E-state index in [0.717, 1.165) is 30.8 Å². The minimum atomic E-state index is 0.626. The van der Waals surface area contributed by atoms with Crippen molar-refractivity contribution in [2.75, 3.05) is 19.0 Å². The van der Waals surface area contributed by atoms with Gasteiger partial charge in [-0.05, 0) is 48.8 Å². The van der Waals surface area contributed by atoms with Crippen molar-refractivity contribution in [3.8, 4) is 5.75 Å². The number of hydrogen-bond donors (Lipinski definition) is 2. The smallest absolute Gasteiger partial charge is 0.170 e. The molecule has 0 saturated carbocycles. The molecule has 5 heteroatoms. The molecule has 1 aromatic heterocycles. The lowest BCUT2D eigenvalue weighted by Crippen LogP contribution is -2.29. The number of hydrogen-bond acceptors (Lipinski definition) is 3. The van der Waals surface area contributed by atoms with Gasteiger partial charge in [0, 0.05) is 24.6 Å². The number of ether oxygens (including phenoxy) is 1. The highest BCUT2D eigenvalue weighted by Crippen LogP contribution is 2.18. The summed E-state index contributed by atoms with van der Waals surface area (Å²) in [5, 5.41) is 6.94. The molecule has 1 aromatic carbocycles. The number of nitrogens with zero attached hydrogens (tertiary/aromatic N) is 1. The summed E-state index contributed by atoms with van der Waals surface area (Å²) in [6.45, 7) is 0.814. The molecule has 2 rings (SSSR count). The fraction of sp³-hybridized carbons (Fsp3) is 0.250. The zero-order chi connectivity index (χ0) is 14.9. The van der Waals surface area contributed by atoms with Crippen molar-refractivity contribution < 1.29 is 4.74 Å². The summed E-state index contributed by atoms with van der Waals surface area (Å²) in [5.74, 6) is 0.940. The van der Waals surface area contributed by atoms with Crippen LogP contribution in [0.4, 0.5) is 5.69 Å². The third-order valence-electron chi connectivity index (χ3n) is 3.04. The molecule has 110 valence electrons. The number of para-hydroxylation sites is 1. The summed E-state index contributed by atoms with van der Waals surface area (Å²) in [5.41, 5.74) is 2.15. The number of methoxy groups -OCH3 is 1. The Balaban J connectivity index is 1.71. The average Bonchev–Trinajstić information content (AvgIpc) is 2.53. The van der Waals surface area contributed by atoms with E-state index in [1.54, 1.807) is 19.5 Å². The van der Waals surface area contributed by atoms with Crippen LogP contribution in [0.1, 0.15) is 12.0 Å². The number of benzene rings is 1. The molecule has 0 spiro atoms. The molecule has 0 atom stereocenters. The van der Waals surface area contributed by atoms with Crippen molar-refractivity contribution in [1.82, 2.24) is 10.3 Å². The molecule has 2 aromatic rings. The normalized spacial score (nSPS) is 9.95. The molecule has 0 aliphatic carbocycles. The minimum absolute atomic E-state index is 0.626. The van der Waals surface area contributed by atoms with Crippen LogP contribution in [0.3, 0.4) is 0 Å². The Hall–Kier alpha value is -2.14. The molecule has 0 amide bonds. The van der Waals surface area contributed by atoms with Crippen LogP contribution in [0, 0.1) is 0 Å². The third-order valence-corrected chi connectivity index (χ3v) is 3.29. The first-order chi connectivity index (χ1) is 10.3. The van der Waals surface area contributed by atoms with E-state index in [1.807, 2.05) is 30.3 Å². The van der Waals surface area contributed by atoms with Gasteiger partial charge in [-0.3, -0.25) is 4.98 Å². The van der Waals surface area contributed by atoms with E-state index in [2.05, 4.69) is 21.7 Å². The van der Waals surface area contributed by atoms with E-state index in [1.165, 1.54) is 5.56 Å². The summed E-state index contributed by atoms with van der Waals surface area (Å²) >= 11 is 5.25. The summed E-state index contributed by atoms with van der Waals surface area (Å²) < 4.78 is 5.34. The first kappa shape index (κ1) is 15.3. The zero-order valence-electron chi connectivity index (χ0n) is 12.0. The van der Waals surface area contributed by atoms with E-state index < -0.39 is 0 Å². The third kappa shape index (κ3) is 5.04. The van der Waals surface area contributed by atoms with Crippen molar-refractivity contribution in [2.24, 2.45) is 0 Å². The molecule has 0 radical (unpaired) electrons. The second kappa shape index (κ2) is 8.21. The van der Waals surface area contributed by atoms with E-state index in [9.17, 15) is 0 Å². The van der Waals surface area contributed by atoms with Crippen molar-refractivity contribution in [3.05, 3.63) is 54.4 Å². The van der Waals surface area contributed by atoms with E-state index >= 15 is 0 Å². The van der Waals surface area contributed by atoms with Gasteiger partial charge in [0.05, 0.1) is 7.11 Å². The monoisotopic (exact) mass is 301 g/mol. The van der Waals surface area contributed by atoms with Crippen molar-refractivity contribution >= 4 is 23.0 Å². The van der Waals surface area contributed by atoms with Gasteiger partial charge in [-0.15, -0.1) is 0 Å². The molecule has 0 unspecified atom stereocenters. The second-order valence-corrected chi connectivity index (χ2v) is 4.94. The Kier molecular flexibility index (Phi) is 5.97. The maximum atomic E-state index is 5.34. The Morgan fingerprint density at radius 3 is 2.71 bits per heavy atom. The lowest BCUT2D eigenvalue weighted by atomic mass is 10.1. The summed E-state index contributed by atoms with van der Waals surface area (Å²) in [6.07, 6.45) is 5.40. The number of thiocarbonyl (C=S) groups is 1. The van der Waals surface area contributed by atoms with Gasteiger partial charge >= 0.3 is 0 Å². The highest BCUT2D eigenvalue weighted by Gasteiger charge is 2.01. The molecule has 2 N–H and O–H groups in total. The summed E-state index contributed by atoms with van der Waals surface area (Å²) in [6, 6.07) is 11.8. The number of nitrogens with one attached hydrogen (secondary N) is 2. The molecular weight excluding hydrogens is 282 g/mol. The standard InChI is InChI=1S/C16H19N3OS/c1-20-15-7-3-2-5-13(15)6-4-10-18-16(21)19-14-8-11-17-12-9-14/h2-3,5,7-9,11-12H,4,6,10H2,1H3,(H2,17,18,19,21). The number of rotatable bonds is 6. The molecule has 0 fully saturated rings. The van der Waals surface area contributed by atoms with Gasteiger partial charge in [-0.1, -0.05) is 18.2 Å². The fourth-order valence-corrected chi connectivity index (χ4v) is 2.22. The van der Waals surface area contributed by atoms with Gasteiger partial charge in [-0.25, -0.2) is 0 Å². The molecular formula is C16H19N3OS. The lowest BCUT2D eigenvalue weighted by Gasteiger charge is -2.11.